The van der Waals surface area contributed by atoms with Crippen LogP contribution in [0.4, 0.5) is 0 Å². The van der Waals surface area contributed by atoms with Gasteiger partial charge in [0.15, 0.2) is 0 Å². The molecule has 0 unspecified atom stereocenters. The number of rotatable bonds is 11. The smallest absolute Gasteiger partial charge is 0.303 e. The molecule has 144 valence electrons. The molecule has 1 fully saturated rings. The number of thioether (sulfide) groups is 1. The Bertz CT molecular complexity index is 627. The molecule has 1 aromatic rings. The second kappa shape index (κ2) is 10.4. The van der Waals surface area contributed by atoms with Crippen molar-refractivity contribution in [2.75, 3.05) is 18.1 Å². The summed E-state index contributed by atoms with van der Waals surface area (Å²) in [6, 6.07) is 1.89. The van der Waals surface area contributed by atoms with Crippen LogP contribution in [0.1, 0.15) is 37.0 Å². The van der Waals surface area contributed by atoms with E-state index in [0.29, 0.717) is 25.8 Å². The Morgan fingerprint density at radius 2 is 2.31 bits per heavy atom. The summed E-state index contributed by atoms with van der Waals surface area (Å²) in [6.07, 6.45) is 7.22. The molecule has 7 heteroatoms. The van der Waals surface area contributed by atoms with Gasteiger partial charge in [0, 0.05) is 31.6 Å². The summed E-state index contributed by atoms with van der Waals surface area (Å²) in [6.45, 7) is 2.60. The van der Waals surface area contributed by atoms with Crippen LogP contribution in [0.5, 0.6) is 0 Å². The van der Waals surface area contributed by atoms with E-state index in [0.717, 1.165) is 29.3 Å². The lowest BCUT2D eigenvalue weighted by Gasteiger charge is -2.22. The summed E-state index contributed by atoms with van der Waals surface area (Å²) in [5.74, 6) is 1.73. The van der Waals surface area contributed by atoms with Crippen LogP contribution in [0.3, 0.4) is 0 Å². The molecular weight excluding hydrogens is 354 g/mol. The lowest BCUT2D eigenvalue weighted by atomic mass is 10.1. The van der Waals surface area contributed by atoms with Crippen molar-refractivity contribution >= 4 is 23.6 Å². The minimum Gasteiger partial charge on any atom is -0.481 e. The molecular formula is C19H27NO5S. The van der Waals surface area contributed by atoms with E-state index in [2.05, 4.69) is 0 Å². The molecule has 0 saturated carbocycles. The molecule has 2 N–H and O–H groups in total. The van der Waals surface area contributed by atoms with Gasteiger partial charge in [-0.3, -0.25) is 9.59 Å². The molecule has 26 heavy (non-hydrogen) atoms. The number of amides is 1. The first-order chi connectivity index (χ1) is 12.5. The van der Waals surface area contributed by atoms with Gasteiger partial charge in [-0.05, 0) is 37.1 Å². The Labute approximate surface area is 158 Å². The van der Waals surface area contributed by atoms with Crippen LogP contribution >= 0.6 is 11.8 Å². The van der Waals surface area contributed by atoms with Gasteiger partial charge < -0.3 is 19.5 Å². The number of carboxylic acid groups (broad SMARTS) is 1. The summed E-state index contributed by atoms with van der Waals surface area (Å²) >= 11 is 1.67. The number of hydrogen-bond acceptors (Lipinski definition) is 5. The van der Waals surface area contributed by atoms with Gasteiger partial charge >= 0.3 is 5.97 Å². The Kier molecular flexibility index (Phi) is 8.25. The van der Waals surface area contributed by atoms with Crippen molar-refractivity contribution in [2.24, 2.45) is 0 Å². The minimum atomic E-state index is -0.770. The number of aliphatic carboxylic acids is 1. The molecule has 0 spiro atoms. The quantitative estimate of drug-likeness (QED) is 0.452. The monoisotopic (exact) mass is 381 g/mol. The maximum absolute atomic E-state index is 12.1. The van der Waals surface area contributed by atoms with E-state index in [9.17, 15) is 14.7 Å². The summed E-state index contributed by atoms with van der Waals surface area (Å²) in [5, 5.41) is 18.8. The van der Waals surface area contributed by atoms with Crippen molar-refractivity contribution in [2.45, 2.75) is 51.2 Å². The minimum absolute atomic E-state index is 0.0227. The number of carbonyl (C=O) groups excluding carboxylic acids is 1. The zero-order valence-corrected chi connectivity index (χ0v) is 15.9. The Morgan fingerprint density at radius 1 is 1.50 bits per heavy atom. The van der Waals surface area contributed by atoms with Crippen molar-refractivity contribution in [3.63, 3.8) is 0 Å². The van der Waals surface area contributed by atoms with Crippen molar-refractivity contribution in [1.82, 2.24) is 4.90 Å². The topological polar surface area (TPSA) is 91.0 Å². The van der Waals surface area contributed by atoms with Crippen molar-refractivity contribution < 1.29 is 24.2 Å². The van der Waals surface area contributed by atoms with Crippen LogP contribution < -0.4 is 0 Å². The summed E-state index contributed by atoms with van der Waals surface area (Å²) in [7, 11) is 0. The van der Waals surface area contributed by atoms with Crippen LogP contribution in [0.25, 0.3) is 0 Å². The maximum Gasteiger partial charge on any atom is 0.303 e. The van der Waals surface area contributed by atoms with Gasteiger partial charge in [-0.25, -0.2) is 0 Å². The van der Waals surface area contributed by atoms with E-state index in [1.807, 2.05) is 24.0 Å². The van der Waals surface area contributed by atoms with E-state index >= 15 is 0 Å². The highest BCUT2D eigenvalue weighted by molar-refractivity contribution is 7.99. The van der Waals surface area contributed by atoms with Crippen molar-refractivity contribution in [1.29, 1.82) is 0 Å². The molecule has 6 nitrogen and oxygen atoms in total. The van der Waals surface area contributed by atoms with E-state index in [-0.39, 0.29) is 18.4 Å². The molecule has 1 aliphatic rings. The molecule has 1 aliphatic heterocycles. The molecule has 2 atom stereocenters. The third-order valence-electron chi connectivity index (χ3n) is 4.45. The zero-order valence-electron chi connectivity index (χ0n) is 15.1. The molecule has 0 radical (unpaired) electrons. The molecule has 2 heterocycles. The van der Waals surface area contributed by atoms with Crippen LogP contribution in [0.2, 0.25) is 0 Å². The molecule has 1 aromatic heterocycles. The van der Waals surface area contributed by atoms with Crippen molar-refractivity contribution in [3.8, 4) is 0 Å². The lowest BCUT2D eigenvalue weighted by molar-refractivity contribution is -0.137. The second-order valence-corrected chi connectivity index (χ2v) is 7.71. The standard InChI is InChI=1S/C19H27NO5S/c1-14-8-10-25-17(14)13-16(21)6-4-15-5-7-18(22)20(15)9-12-26-11-2-3-19(23)24/h4,6,8,10,15-16,21H,2-3,5,7,9,11-13H2,1H3,(H,23,24)/b6-4+/t15-,16+/m0/s1. The molecule has 0 bridgehead atoms. The number of aryl methyl sites for hydroxylation is 1. The average molecular weight is 381 g/mol. The van der Waals surface area contributed by atoms with Gasteiger partial charge in [-0.1, -0.05) is 12.2 Å². The third-order valence-corrected chi connectivity index (χ3v) is 5.50. The molecule has 0 aromatic carbocycles. The first kappa shape index (κ1) is 20.6. The van der Waals surface area contributed by atoms with Crippen LogP contribution in [-0.4, -0.2) is 57.2 Å². The predicted molar refractivity (Wildman–Crippen MR) is 101 cm³/mol. The fraction of sp³-hybridized carbons (Fsp3) is 0.579. The number of carboxylic acids is 1. The highest BCUT2D eigenvalue weighted by Gasteiger charge is 2.28. The molecule has 1 saturated heterocycles. The van der Waals surface area contributed by atoms with Gasteiger partial charge in [0.05, 0.1) is 18.4 Å². The van der Waals surface area contributed by atoms with Gasteiger partial charge in [0.2, 0.25) is 5.91 Å². The zero-order chi connectivity index (χ0) is 18.9. The fourth-order valence-electron chi connectivity index (χ4n) is 2.96. The van der Waals surface area contributed by atoms with Gasteiger partial charge in [-0.2, -0.15) is 11.8 Å². The van der Waals surface area contributed by atoms with E-state index in [1.165, 1.54) is 0 Å². The van der Waals surface area contributed by atoms with Gasteiger partial charge in [0.25, 0.3) is 0 Å². The Hall–Kier alpha value is -1.73. The van der Waals surface area contributed by atoms with Crippen LogP contribution in [-0.2, 0) is 16.0 Å². The summed E-state index contributed by atoms with van der Waals surface area (Å²) < 4.78 is 5.35. The normalized spacial score (nSPS) is 18.8. The first-order valence-corrected chi connectivity index (χ1v) is 10.1. The van der Waals surface area contributed by atoms with Crippen LogP contribution in [0, 0.1) is 6.92 Å². The predicted octanol–water partition coefficient (Wildman–Crippen LogP) is 2.64. The number of likely N-dealkylation sites (tertiary alicyclic amines) is 1. The lowest BCUT2D eigenvalue weighted by Crippen LogP contribution is -2.34. The third kappa shape index (κ3) is 6.53. The SMILES string of the molecule is Cc1ccoc1C[C@H](O)/C=C/[C@H]1CCC(=O)N1CCSCCCC(=O)O. The van der Waals surface area contributed by atoms with Gasteiger partial charge in [0.1, 0.15) is 5.76 Å². The highest BCUT2D eigenvalue weighted by atomic mass is 32.2. The van der Waals surface area contributed by atoms with E-state index in [1.54, 1.807) is 24.1 Å². The van der Waals surface area contributed by atoms with Crippen LogP contribution in [0.15, 0.2) is 28.9 Å². The summed E-state index contributed by atoms with van der Waals surface area (Å²) in [5.41, 5.74) is 1.02. The number of carbonyl (C=O) groups is 2. The number of aliphatic hydroxyl groups excluding tert-OH is 1. The maximum atomic E-state index is 12.1. The number of furan rings is 1. The van der Waals surface area contributed by atoms with E-state index < -0.39 is 12.1 Å². The Morgan fingerprint density at radius 3 is 3.00 bits per heavy atom. The number of nitrogens with zero attached hydrogens (tertiary/aromatic N) is 1. The Balaban J connectivity index is 1.75. The summed E-state index contributed by atoms with van der Waals surface area (Å²) in [4.78, 5) is 24.4. The largest absolute Gasteiger partial charge is 0.481 e. The van der Waals surface area contributed by atoms with E-state index in [4.69, 9.17) is 9.52 Å². The van der Waals surface area contributed by atoms with Crippen molar-refractivity contribution in [3.05, 3.63) is 35.8 Å². The first-order valence-electron chi connectivity index (χ1n) is 8.95. The molecule has 1 amide bonds. The fourth-order valence-corrected chi connectivity index (χ4v) is 3.84. The molecule has 2 rings (SSSR count). The number of aliphatic hydroxyl groups is 1. The van der Waals surface area contributed by atoms with Gasteiger partial charge in [-0.15, -0.1) is 0 Å². The molecule has 0 aliphatic carbocycles. The number of hydrogen-bond donors (Lipinski definition) is 2. The second-order valence-electron chi connectivity index (χ2n) is 6.49. The highest BCUT2D eigenvalue weighted by Crippen LogP contribution is 2.21. The average Bonchev–Trinajstić information content (AvgIpc) is 3.15.